The van der Waals surface area contributed by atoms with Crippen LogP contribution in [-0.2, 0) is 4.79 Å². The molecule has 0 bridgehead atoms. The van der Waals surface area contributed by atoms with Crippen molar-refractivity contribution in [1.82, 2.24) is 10.2 Å². The number of fused-ring (bicyclic) bond motifs is 1. The molecule has 5 atom stereocenters. The van der Waals surface area contributed by atoms with Gasteiger partial charge in [0.2, 0.25) is 0 Å². The summed E-state index contributed by atoms with van der Waals surface area (Å²) in [6.45, 7) is 0.132. The number of nitrogens with one attached hydrogen (secondary N) is 1. The number of hydrogen-bond acceptors (Lipinski definition) is 3. The first kappa shape index (κ1) is 17.7. The topological polar surface area (TPSA) is 52.6 Å². The van der Waals surface area contributed by atoms with Gasteiger partial charge in [-0.3, -0.25) is 15.0 Å². The lowest BCUT2D eigenvalue weighted by Gasteiger charge is -2.51. The average Bonchev–Trinajstić information content (AvgIpc) is 2.54. The van der Waals surface area contributed by atoms with Crippen LogP contribution in [0.5, 0.6) is 0 Å². The minimum atomic E-state index is -0.727. The number of carboxylic acid groups (broad SMARTS) is 1. The molecule has 23 heavy (non-hydrogen) atoms. The van der Waals surface area contributed by atoms with Gasteiger partial charge in [0.15, 0.2) is 0 Å². The van der Waals surface area contributed by atoms with Gasteiger partial charge in [0.25, 0.3) is 0 Å². The number of hydrogen-bond donors (Lipinski definition) is 2. The minimum absolute atomic E-state index is 0.132. The molecule has 132 valence electrons. The van der Waals surface area contributed by atoms with Gasteiger partial charge in [0, 0.05) is 10.9 Å². The number of carbonyl (C=O) groups is 1. The van der Waals surface area contributed by atoms with Crippen LogP contribution in [0.2, 0.25) is 0 Å². The molecule has 5 heteroatoms. The standard InChI is InChI=1S/C18H31BrN2O2/c1-21(11-18(22)23)17-10-14(12-5-3-2-4-6-12)15-9-13(19)7-8-16(15)20-17/h12-17,20H,2-11H2,1H3,(H,22,23). The number of carboxylic acids is 1. The summed E-state index contributed by atoms with van der Waals surface area (Å²) in [4.78, 5) is 13.8. The van der Waals surface area contributed by atoms with E-state index in [0.29, 0.717) is 10.9 Å². The van der Waals surface area contributed by atoms with Crippen molar-refractivity contribution < 1.29 is 9.90 Å². The van der Waals surface area contributed by atoms with E-state index in [1.807, 2.05) is 11.9 Å². The van der Waals surface area contributed by atoms with Crippen LogP contribution in [-0.4, -0.2) is 46.6 Å². The lowest BCUT2D eigenvalue weighted by molar-refractivity contribution is -0.139. The Kier molecular flexibility index (Phi) is 6.02. The van der Waals surface area contributed by atoms with Crippen molar-refractivity contribution in [3.05, 3.63) is 0 Å². The summed E-state index contributed by atoms with van der Waals surface area (Å²) < 4.78 is 0. The van der Waals surface area contributed by atoms with Gasteiger partial charge in [0.05, 0.1) is 12.7 Å². The van der Waals surface area contributed by atoms with Crippen molar-refractivity contribution in [2.75, 3.05) is 13.6 Å². The average molecular weight is 387 g/mol. The van der Waals surface area contributed by atoms with E-state index in [1.165, 1.54) is 51.4 Å². The van der Waals surface area contributed by atoms with Crippen LogP contribution in [0, 0.1) is 17.8 Å². The normalized spacial score (nSPS) is 39.2. The molecule has 0 radical (unpaired) electrons. The van der Waals surface area contributed by atoms with Gasteiger partial charge in [-0.1, -0.05) is 48.0 Å². The van der Waals surface area contributed by atoms with Crippen molar-refractivity contribution in [3.63, 3.8) is 0 Å². The van der Waals surface area contributed by atoms with E-state index in [0.717, 1.165) is 24.2 Å². The molecular weight excluding hydrogens is 356 g/mol. The first-order valence-corrected chi connectivity index (χ1v) is 10.3. The molecule has 1 heterocycles. The summed E-state index contributed by atoms with van der Waals surface area (Å²) in [6.07, 6.45) is 12.0. The van der Waals surface area contributed by atoms with Gasteiger partial charge in [-0.25, -0.2) is 0 Å². The Morgan fingerprint density at radius 3 is 2.57 bits per heavy atom. The van der Waals surface area contributed by atoms with Gasteiger partial charge >= 0.3 is 5.97 Å². The second kappa shape index (κ2) is 7.83. The fourth-order valence-electron chi connectivity index (χ4n) is 5.31. The summed E-state index contributed by atoms with van der Waals surface area (Å²) in [7, 11) is 1.96. The van der Waals surface area contributed by atoms with E-state index < -0.39 is 5.97 Å². The highest BCUT2D eigenvalue weighted by atomic mass is 79.9. The molecule has 0 amide bonds. The molecule has 5 unspecified atom stereocenters. The number of alkyl halides is 1. The van der Waals surface area contributed by atoms with Crippen molar-refractivity contribution in [2.24, 2.45) is 17.8 Å². The Balaban J connectivity index is 1.73. The second-order valence-electron chi connectivity index (χ2n) is 7.97. The minimum Gasteiger partial charge on any atom is -0.480 e. The van der Waals surface area contributed by atoms with Crippen molar-refractivity contribution in [2.45, 2.75) is 74.8 Å². The van der Waals surface area contributed by atoms with E-state index in [-0.39, 0.29) is 12.7 Å². The molecule has 3 fully saturated rings. The Hall–Kier alpha value is -0.130. The molecule has 3 aliphatic rings. The highest BCUT2D eigenvalue weighted by Crippen LogP contribution is 2.46. The lowest BCUT2D eigenvalue weighted by Crippen LogP contribution is -2.60. The fraction of sp³-hybridized carbons (Fsp3) is 0.944. The number of rotatable bonds is 4. The summed E-state index contributed by atoms with van der Waals surface area (Å²) in [5.41, 5.74) is 0. The van der Waals surface area contributed by atoms with Gasteiger partial charge in [0.1, 0.15) is 0 Å². The van der Waals surface area contributed by atoms with E-state index in [9.17, 15) is 4.79 Å². The Bertz CT molecular complexity index is 414. The number of halogens is 1. The maximum atomic E-state index is 11.1. The zero-order valence-corrected chi connectivity index (χ0v) is 15.8. The van der Waals surface area contributed by atoms with Gasteiger partial charge in [-0.05, 0) is 50.5 Å². The molecular formula is C18H31BrN2O2. The number of nitrogens with zero attached hydrogens (tertiary/aromatic N) is 1. The quantitative estimate of drug-likeness (QED) is 0.726. The largest absolute Gasteiger partial charge is 0.480 e. The molecule has 2 saturated carbocycles. The monoisotopic (exact) mass is 386 g/mol. The number of aliphatic carboxylic acids is 1. The first-order chi connectivity index (χ1) is 11.0. The molecule has 0 aromatic heterocycles. The summed E-state index contributed by atoms with van der Waals surface area (Å²) in [5.74, 6) is 1.67. The van der Waals surface area contributed by atoms with Crippen LogP contribution in [0.3, 0.4) is 0 Å². The van der Waals surface area contributed by atoms with Crippen molar-refractivity contribution in [1.29, 1.82) is 0 Å². The maximum Gasteiger partial charge on any atom is 0.317 e. The summed E-state index contributed by atoms with van der Waals surface area (Å²) in [6, 6.07) is 0.575. The lowest BCUT2D eigenvalue weighted by atomic mass is 9.64. The third-order valence-corrected chi connectivity index (χ3v) is 7.29. The number of likely N-dealkylation sites (N-methyl/N-ethyl adjacent to an activating group) is 1. The van der Waals surface area contributed by atoms with Crippen LogP contribution in [0.4, 0.5) is 0 Å². The SMILES string of the molecule is CN(CC(=O)O)C1CC(C2CCCCC2)C2CC(Br)CCC2N1. The predicted molar refractivity (Wildman–Crippen MR) is 95.7 cm³/mol. The molecule has 1 aliphatic heterocycles. The van der Waals surface area contributed by atoms with Gasteiger partial charge < -0.3 is 5.11 Å². The van der Waals surface area contributed by atoms with Crippen LogP contribution in [0.1, 0.15) is 57.8 Å². The highest BCUT2D eigenvalue weighted by molar-refractivity contribution is 9.09. The summed E-state index contributed by atoms with van der Waals surface area (Å²) in [5, 5.41) is 12.9. The third kappa shape index (κ3) is 4.29. The molecule has 1 saturated heterocycles. The van der Waals surface area contributed by atoms with Crippen molar-refractivity contribution >= 4 is 21.9 Å². The number of piperidine rings is 1. The zero-order chi connectivity index (χ0) is 16.4. The van der Waals surface area contributed by atoms with Gasteiger partial charge in [-0.2, -0.15) is 0 Å². The third-order valence-electron chi connectivity index (χ3n) is 6.46. The Labute approximate surface area is 148 Å². The molecule has 3 rings (SSSR count). The van der Waals surface area contributed by atoms with E-state index in [2.05, 4.69) is 21.2 Å². The molecule has 0 spiro atoms. The van der Waals surface area contributed by atoms with Crippen LogP contribution < -0.4 is 5.32 Å². The predicted octanol–water partition coefficient (Wildman–Crippen LogP) is 3.45. The highest BCUT2D eigenvalue weighted by Gasteiger charge is 2.44. The molecule has 0 aromatic rings. The summed E-state index contributed by atoms with van der Waals surface area (Å²) >= 11 is 3.86. The Morgan fingerprint density at radius 1 is 1.13 bits per heavy atom. The van der Waals surface area contributed by atoms with Crippen molar-refractivity contribution in [3.8, 4) is 0 Å². The van der Waals surface area contributed by atoms with Gasteiger partial charge in [-0.15, -0.1) is 0 Å². The molecule has 2 N–H and O–H groups in total. The smallest absolute Gasteiger partial charge is 0.317 e. The van der Waals surface area contributed by atoms with Crippen LogP contribution in [0.25, 0.3) is 0 Å². The molecule has 0 aromatic carbocycles. The first-order valence-electron chi connectivity index (χ1n) is 9.36. The zero-order valence-electron chi connectivity index (χ0n) is 14.2. The second-order valence-corrected chi connectivity index (χ2v) is 9.26. The van der Waals surface area contributed by atoms with E-state index >= 15 is 0 Å². The maximum absolute atomic E-state index is 11.1. The fourth-order valence-corrected chi connectivity index (χ4v) is 6.01. The van der Waals surface area contributed by atoms with Crippen LogP contribution >= 0.6 is 15.9 Å². The van der Waals surface area contributed by atoms with Crippen LogP contribution in [0.15, 0.2) is 0 Å². The molecule has 4 nitrogen and oxygen atoms in total. The molecule has 2 aliphatic carbocycles. The van der Waals surface area contributed by atoms with E-state index in [1.54, 1.807) is 0 Å². The Morgan fingerprint density at radius 2 is 1.87 bits per heavy atom. The van der Waals surface area contributed by atoms with E-state index in [4.69, 9.17) is 5.11 Å².